The van der Waals surface area contributed by atoms with Crippen molar-refractivity contribution in [3.8, 4) is 0 Å². The van der Waals surface area contributed by atoms with E-state index in [1.807, 2.05) is 0 Å². The van der Waals surface area contributed by atoms with Crippen LogP contribution in [0.15, 0.2) is 0 Å². The monoisotopic (exact) mass is 614 g/mol. The molecule has 0 radical (unpaired) electrons. The molecule has 15 heteroatoms. The molecule has 0 aromatic rings. The van der Waals surface area contributed by atoms with Gasteiger partial charge < -0.3 is 25.6 Å². The highest BCUT2D eigenvalue weighted by Crippen LogP contribution is 2.40. The molecule has 2 amide bonds. The Labute approximate surface area is 241 Å². The van der Waals surface area contributed by atoms with Crippen molar-refractivity contribution in [3.05, 3.63) is 0 Å². The fourth-order valence-electron chi connectivity index (χ4n) is 7.11. The highest BCUT2D eigenvalue weighted by Gasteiger charge is 2.53. The molecule has 12 unspecified atom stereocenters. The molecule has 5 rings (SSSR count). The molecule has 0 saturated carbocycles. The SMILES string of the molecule is COC1CNC(Cl)CC1C1CC(C)NCC1C(=O)NC1NC2CN(C(=O)C3NCCC(C(F)(F)F)C3F)CC2S1. The smallest absolute Gasteiger partial charge is 0.380 e. The quantitative estimate of drug-likeness (QED) is 0.177. The topological polar surface area (TPSA) is 107 Å². The van der Waals surface area contributed by atoms with E-state index in [2.05, 4.69) is 33.5 Å². The van der Waals surface area contributed by atoms with Gasteiger partial charge in [0.05, 0.1) is 23.4 Å². The zero-order valence-corrected chi connectivity index (χ0v) is 24.1. The van der Waals surface area contributed by atoms with E-state index < -0.39 is 30.2 Å². The van der Waals surface area contributed by atoms with Crippen LogP contribution < -0.4 is 26.6 Å². The second-order valence-corrected chi connectivity index (χ2v) is 13.6. The lowest BCUT2D eigenvalue weighted by atomic mass is 9.70. The number of carbonyl (C=O) groups is 2. The molecule has 0 spiro atoms. The van der Waals surface area contributed by atoms with Gasteiger partial charge in [-0.05, 0) is 44.6 Å². The summed E-state index contributed by atoms with van der Waals surface area (Å²) in [6.45, 7) is 3.76. The predicted octanol–water partition coefficient (Wildman–Crippen LogP) is 0.984. The number of carbonyl (C=O) groups excluding carboxylic acids is 2. The van der Waals surface area contributed by atoms with Gasteiger partial charge in [0, 0.05) is 50.6 Å². The van der Waals surface area contributed by atoms with Crippen molar-refractivity contribution in [3.63, 3.8) is 0 Å². The number of nitrogens with zero attached hydrogens (tertiary/aromatic N) is 1. The average molecular weight is 615 g/mol. The number of hydrogen-bond acceptors (Lipinski definition) is 8. The summed E-state index contributed by atoms with van der Waals surface area (Å²) in [5.41, 5.74) is -0.527. The zero-order chi connectivity index (χ0) is 28.8. The highest BCUT2D eigenvalue weighted by atomic mass is 35.5. The van der Waals surface area contributed by atoms with Gasteiger partial charge in [-0.15, -0.1) is 23.4 Å². The van der Waals surface area contributed by atoms with Gasteiger partial charge >= 0.3 is 6.18 Å². The summed E-state index contributed by atoms with van der Waals surface area (Å²) >= 11 is 7.91. The second kappa shape index (κ2) is 12.4. The first-order valence-corrected chi connectivity index (χ1v) is 15.4. The number of thioether (sulfide) groups is 1. The van der Waals surface area contributed by atoms with Crippen molar-refractivity contribution in [1.29, 1.82) is 0 Å². The predicted molar refractivity (Wildman–Crippen MR) is 143 cm³/mol. The van der Waals surface area contributed by atoms with Crippen LogP contribution in [0, 0.1) is 23.7 Å². The van der Waals surface area contributed by atoms with Crippen LogP contribution in [0.2, 0.25) is 0 Å². The molecule has 9 nitrogen and oxygen atoms in total. The maximum atomic E-state index is 14.7. The number of rotatable bonds is 5. The van der Waals surface area contributed by atoms with Crippen molar-refractivity contribution >= 4 is 35.2 Å². The lowest BCUT2D eigenvalue weighted by molar-refractivity contribution is -0.201. The molecule has 5 fully saturated rings. The number of halogens is 5. The maximum Gasteiger partial charge on any atom is 0.394 e. The van der Waals surface area contributed by atoms with Crippen LogP contribution in [-0.4, -0.2) is 109 Å². The molecule has 0 bridgehead atoms. The summed E-state index contributed by atoms with van der Waals surface area (Å²) in [4.78, 5) is 28.0. The van der Waals surface area contributed by atoms with Crippen LogP contribution in [0.5, 0.6) is 0 Å². The molecular formula is C25H39ClF4N6O3S. The Morgan fingerprint density at radius 2 is 1.88 bits per heavy atom. The summed E-state index contributed by atoms with van der Waals surface area (Å²) in [7, 11) is 1.69. The number of fused-ring (bicyclic) bond motifs is 1. The number of likely N-dealkylation sites (tertiary alicyclic amines) is 1. The van der Waals surface area contributed by atoms with E-state index in [-0.39, 0.29) is 84.2 Å². The van der Waals surface area contributed by atoms with E-state index in [9.17, 15) is 27.2 Å². The van der Waals surface area contributed by atoms with Gasteiger partial charge in [-0.1, -0.05) is 0 Å². The Bertz CT molecular complexity index is 925. The largest absolute Gasteiger partial charge is 0.394 e. The summed E-state index contributed by atoms with van der Waals surface area (Å²) in [5, 5.41) is 15.7. The standard InChI is InChI=1S/C25H39ClF4N6O3S/c1-11-5-12(13-6-19(26)33-8-17(13)39-2)14(7-32-11)22(37)35-24-34-16-9-36(10-18(16)40-24)23(38)21-20(27)15(3-4-31-21)25(28,29)30/h11-21,24,31-34H,3-10H2,1-2H3,(H,35,37). The van der Waals surface area contributed by atoms with Gasteiger partial charge in [-0.3, -0.25) is 20.2 Å². The highest BCUT2D eigenvalue weighted by molar-refractivity contribution is 8.00. The van der Waals surface area contributed by atoms with Crippen LogP contribution in [0.4, 0.5) is 17.6 Å². The average Bonchev–Trinajstić information content (AvgIpc) is 3.46. The lowest BCUT2D eigenvalue weighted by Crippen LogP contribution is -2.59. The van der Waals surface area contributed by atoms with Crippen molar-refractivity contribution < 1.29 is 31.9 Å². The molecule has 12 atom stereocenters. The van der Waals surface area contributed by atoms with Crippen molar-refractivity contribution in [2.75, 3.05) is 39.8 Å². The van der Waals surface area contributed by atoms with Gasteiger partial charge in [0.15, 0.2) is 0 Å². The molecule has 228 valence electrons. The summed E-state index contributed by atoms with van der Waals surface area (Å²) in [6.07, 6.45) is -5.87. The summed E-state index contributed by atoms with van der Waals surface area (Å²) in [5.74, 6) is -2.87. The zero-order valence-electron chi connectivity index (χ0n) is 22.6. The van der Waals surface area contributed by atoms with Crippen LogP contribution in [0.3, 0.4) is 0 Å². The number of methoxy groups -OCH3 is 1. The fourth-order valence-corrected chi connectivity index (χ4v) is 8.81. The number of nitrogens with one attached hydrogen (secondary N) is 5. The van der Waals surface area contributed by atoms with Crippen molar-refractivity contribution in [2.45, 2.75) is 79.0 Å². The Kier molecular flexibility index (Phi) is 9.45. The first-order valence-electron chi connectivity index (χ1n) is 14.0. The third-order valence-electron chi connectivity index (χ3n) is 9.25. The van der Waals surface area contributed by atoms with E-state index in [1.165, 1.54) is 16.7 Å². The van der Waals surface area contributed by atoms with Crippen LogP contribution in [0.25, 0.3) is 0 Å². The van der Waals surface area contributed by atoms with E-state index in [4.69, 9.17) is 16.3 Å². The van der Waals surface area contributed by atoms with Gasteiger partial charge in [-0.25, -0.2) is 4.39 Å². The van der Waals surface area contributed by atoms with Gasteiger partial charge in [0.25, 0.3) is 0 Å². The third-order valence-corrected chi connectivity index (χ3v) is 10.9. The maximum absolute atomic E-state index is 14.7. The number of piperidine rings is 3. The fraction of sp³-hybridized carbons (Fsp3) is 0.920. The Balaban J connectivity index is 1.16. The second-order valence-electron chi connectivity index (χ2n) is 11.8. The Morgan fingerprint density at radius 3 is 2.58 bits per heavy atom. The first kappa shape index (κ1) is 30.6. The number of hydrogen-bond donors (Lipinski definition) is 5. The van der Waals surface area contributed by atoms with E-state index in [0.29, 0.717) is 19.5 Å². The van der Waals surface area contributed by atoms with Gasteiger partial charge in [0.1, 0.15) is 17.7 Å². The molecule has 5 aliphatic rings. The van der Waals surface area contributed by atoms with Gasteiger partial charge in [-0.2, -0.15) is 13.2 Å². The lowest BCUT2D eigenvalue weighted by Gasteiger charge is -2.45. The molecule has 5 saturated heterocycles. The molecule has 5 aliphatic heterocycles. The van der Waals surface area contributed by atoms with Crippen LogP contribution in [-0.2, 0) is 14.3 Å². The molecule has 5 heterocycles. The van der Waals surface area contributed by atoms with Crippen LogP contribution >= 0.6 is 23.4 Å². The minimum atomic E-state index is -4.68. The van der Waals surface area contributed by atoms with E-state index in [1.54, 1.807) is 7.11 Å². The normalized spacial score (nSPS) is 44.3. The number of ether oxygens (including phenoxy) is 1. The molecule has 40 heavy (non-hydrogen) atoms. The molecule has 0 aliphatic carbocycles. The van der Waals surface area contributed by atoms with Crippen LogP contribution in [0.1, 0.15) is 26.2 Å². The molecular weight excluding hydrogens is 576 g/mol. The molecule has 5 N–H and O–H groups in total. The molecule has 0 aromatic carbocycles. The minimum absolute atomic E-state index is 0.0311. The molecule has 0 aromatic heterocycles. The third kappa shape index (κ3) is 6.37. The van der Waals surface area contributed by atoms with Crippen molar-refractivity contribution in [2.24, 2.45) is 23.7 Å². The number of amides is 2. The van der Waals surface area contributed by atoms with Crippen molar-refractivity contribution in [1.82, 2.24) is 31.5 Å². The Morgan fingerprint density at radius 1 is 1.10 bits per heavy atom. The Hall–Kier alpha value is -0.900. The van der Waals surface area contributed by atoms with Gasteiger partial charge in [0.2, 0.25) is 11.8 Å². The van der Waals surface area contributed by atoms with E-state index in [0.717, 1.165) is 6.42 Å². The van der Waals surface area contributed by atoms with E-state index >= 15 is 0 Å². The first-order chi connectivity index (χ1) is 19.0. The minimum Gasteiger partial charge on any atom is -0.380 e. The number of alkyl halides is 5. The summed E-state index contributed by atoms with van der Waals surface area (Å²) in [6, 6.07) is -1.39. The summed E-state index contributed by atoms with van der Waals surface area (Å²) < 4.78 is 60.1.